The molecule has 3 aromatic rings. The van der Waals surface area contributed by atoms with Gasteiger partial charge in [-0.25, -0.2) is 9.97 Å². The molecule has 8 nitrogen and oxygen atoms in total. The van der Waals surface area contributed by atoms with Crippen molar-refractivity contribution in [2.45, 2.75) is 25.3 Å². The highest BCUT2D eigenvalue weighted by Crippen LogP contribution is 2.27. The minimum Gasteiger partial charge on any atom is -0.497 e. The number of anilines is 2. The number of hydrogen-bond acceptors (Lipinski definition) is 7. The molecule has 1 saturated heterocycles. The number of ether oxygens (including phenoxy) is 1. The van der Waals surface area contributed by atoms with E-state index in [4.69, 9.17) is 9.72 Å². The second-order valence-electron chi connectivity index (χ2n) is 8.37. The number of nitrogens with zero attached hydrogens (tertiary/aromatic N) is 5. The van der Waals surface area contributed by atoms with Crippen LogP contribution in [-0.2, 0) is 11.3 Å². The average molecular weight is 447 g/mol. The Morgan fingerprint density at radius 3 is 2.91 bits per heavy atom. The summed E-state index contributed by atoms with van der Waals surface area (Å²) in [5, 5.41) is 3.19. The molecule has 1 amide bonds. The molecule has 1 atom stereocenters. The third-order valence-electron chi connectivity index (χ3n) is 5.77. The number of hydrogen-bond donors (Lipinski definition) is 1. The first-order valence-electron chi connectivity index (χ1n) is 11.2. The predicted molar refractivity (Wildman–Crippen MR) is 127 cm³/mol. The van der Waals surface area contributed by atoms with Crippen LogP contribution in [0.4, 0.5) is 11.6 Å². The molecule has 1 fully saturated rings. The molecule has 0 bridgehead atoms. The van der Waals surface area contributed by atoms with Gasteiger partial charge in [0.2, 0.25) is 5.91 Å². The number of carbonyl (C=O) groups is 1. The molecular formula is C25H30N6O2. The van der Waals surface area contributed by atoms with Gasteiger partial charge in [0.15, 0.2) is 0 Å². The third kappa shape index (κ3) is 6.26. The molecule has 0 unspecified atom stereocenters. The highest BCUT2D eigenvalue weighted by atomic mass is 16.5. The van der Waals surface area contributed by atoms with Crippen molar-refractivity contribution >= 4 is 17.5 Å². The standard InChI is InChI=1S/C25H30N6O2/c1-30(16-19-6-3-8-21(14-19)33-2)18-25(32)31-13-5-7-20(17-31)22-9-4-10-23(28-22)29-24-15-26-11-12-27-24/h3-4,6,8-12,14-15,20H,5,7,13,16-18H2,1-2H3,(H,27,28,29)/t20-/m1/s1. The zero-order valence-corrected chi connectivity index (χ0v) is 19.1. The van der Waals surface area contributed by atoms with E-state index < -0.39 is 0 Å². The molecule has 172 valence electrons. The first kappa shape index (κ1) is 22.7. The van der Waals surface area contributed by atoms with Crippen LogP contribution in [0.3, 0.4) is 0 Å². The Kier molecular flexibility index (Phi) is 7.47. The highest BCUT2D eigenvalue weighted by Gasteiger charge is 2.26. The number of nitrogens with one attached hydrogen (secondary N) is 1. The van der Waals surface area contributed by atoms with Crippen molar-refractivity contribution in [2.24, 2.45) is 0 Å². The zero-order valence-electron chi connectivity index (χ0n) is 19.1. The Balaban J connectivity index is 1.35. The van der Waals surface area contributed by atoms with E-state index in [2.05, 4.69) is 15.3 Å². The normalized spacial score (nSPS) is 16.0. The number of pyridine rings is 1. The van der Waals surface area contributed by atoms with Gasteiger partial charge in [-0.15, -0.1) is 0 Å². The Hall–Kier alpha value is -3.52. The molecule has 8 heteroatoms. The summed E-state index contributed by atoms with van der Waals surface area (Å²) in [6.45, 7) is 2.55. The highest BCUT2D eigenvalue weighted by molar-refractivity contribution is 5.78. The molecule has 0 radical (unpaired) electrons. The summed E-state index contributed by atoms with van der Waals surface area (Å²) in [4.78, 5) is 30.1. The molecule has 3 heterocycles. The van der Waals surface area contributed by atoms with Gasteiger partial charge in [0.05, 0.1) is 19.9 Å². The fourth-order valence-electron chi connectivity index (χ4n) is 4.16. The van der Waals surface area contributed by atoms with Gasteiger partial charge in [-0.2, -0.15) is 0 Å². The minimum absolute atomic E-state index is 0.152. The fourth-order valence-corrected chi connectivity index (χ4v) is 4.16. The first-order valence-corrected chi connectivity index (χ1v) is 11.2. The van der Waals surface area contributed by atoms with E-state index in [0.29, 0.717) is 25.5 Å². The van der Waals surface area contributed by atoms with Gasteiger partial charge in [-0.3, -0.25) is 14.7 Å². The molecule has 1 aromatic carbocycles. The van der Waals surface area contributed by atoms with Gasteiger partial charge < -0.3 is 15.0 Å². The monoisotopic (exact) mass is 446 g/mol. The molecule has 0 saturated carbocycles. The van der Waals surface area contributed by atoms with E-state index in [1.807, 2.05) is 59.3 Å². The number of likely N-dealkylation sites (tertiary alicyclic amines) is 1. The van der Waals surface area contributed by atoms with Crippen LogP contribution in [0.1, 0.15) is 30.0 Å². The second-order valence-corrected chi connectivity index (χ2v) is 8.37. The molecular weight excluding hydrogens is 416 g/mol. The van der Waals surface area contributed by atoms with Crippen molar-refractivity contribution in [3.05, 3.63) is 72.3 Å². The number of methoxy groups -OCH3 is 1. The largest absolute Gasteiger partial charge is 0.497 e. The van der Waals surface area contributed by atoms with Crippen LogP contribution >= 0.6 is 0 Å². The average Bonchev–Trinajstić information content (AvgIpc) is 2.85. The molecule has 1 aliphatic rings. The molecule has 2 aromatic heterocycles. The van der Waals surface area contributed by atoms with Crippen LogP contribution < -0.4 is 10.1 Å². The van der Waals surface area contributed by atoms with Crippen molar-refractivity contribution in [1.82, 2.24) is 24.8 Å². The van der Waals surface area contributed by atoms with Crippen LogP contribution in [0.25, 0.3) is 0 Å². The molecule has 0 aliphatic carbocycles. The number of likely N-dealkylation sites (N-methyl/N-ethyl adjacent to an activating group) is 1. The summed E-state index contributed by atoms with van der Waals surface area (Å²) >= 11 is 0. The molecule has 0 spiro atoms. The van der Waals surface area contributed by atoms with Crippen molar-refractivity contribution in [2.75, 3.05) is 39.1 Å². The topological polar surface area (TPSA) is 83.5 Å². The summed E-state index contributed by atoms with van der Waals surface area (Å²) in [6, 6.07) is 13.9. The van der Waals surface area contributed by atoms with Crippen molar-refractivity contribution < 1.29 is 9.53 Å². The van der Waals surface area contributed by atoms with E-state index >= 15 is 0 Å². The molecule has 1 N–H and O–H groups in total. The summed E-state index contributed by atoms with van der Waals surface area (Å²) < 4.78 is 5.30. The molecule has 4 rings (SSSR count). The maximum atomic E-state index is 13.0. The van der Waals surface area contributed by atoms with Crippen LogP contribution in [0.2, 0.25) is 0 Å². The van der Waals surface area contributed by atoms with Gasteiger partial charge in [-0.05, 0) is 49.7 Å². The number of carbonyl (C=O) groups excluding carboxylic acids is 1. The van der Waals surface area contributed by atoms with E-state index in [0.717, 1.165) is 42.2 Å². The van der Waals surface area contributed by atoms with Gasteiger partial charge in [0.25, 0.3) is 0 Å². The summed E-state index contributed by atoms with van der Waals surface area (Å²) in [7, 11) is 3.64. The number of benzene rings is 1. The van der Waals surface area contributed by atoms with Crippen LogP contribution in [0.5, 0.6) is 5.75 Å². The van der Waals surface area contributed by atoms with Gasteiger partial charge in [0, 0.05) is 43.6 Å². The Morgan fingerprint density at radius 2 is 2.09 bits per heavy atom. The SMILES string of the molecule is COc1cccc(CN(C)CC(=O)N2CCC[C@@H](c3cccc(Nc4cnccn4)n3)C2)c1. The number of piperidine rings is 1. The summed E-state index contributed by atoms with van der Waals surface area (Å²) in [6.07, 6.45) is 6.93. The van der Waals surface area contributed by atoms with Crippen molar-refractivity contribution in [3.8, 4) is 5.75 Å². The zero-order chi connectivity index (χ0) is 23.0. The van der Waals surface area contributed by atoms with Crippen molar-refractivity contribution in [1.29, 1.82) is 0 Å². The van der Waals surface area contributed by atoms with Crippen LogP contribution in [0.15, 0.2) is 61.1 Å². The maximum absolute atomic E-state index is 13.0. The smallest absolute Gasteiger partial charge is 0.236 e. The van der Waals surface area contributed by atoms with Gasteiger partial charge >= 0.3 is 0 Å². The van der Waals surface area contributed by atoms with E-state index in [1.54, 1.807) is 25.7 Å². The van der Waals surface area contributed by atoms with E-state index in [-0.39, 0.29) is 11.8 Å². The van der Waals surface area contributed by atoms with Crippen molar-refractivity contribution in [3.63, 3.8) is 0 Å². The lowest BCUT2D eigenvalue weighted by molar-refractivity contribution is -0.133. The number of rotatable bonds is 8. The Labute approximate surface area is 194 Å². The van der Waals surface area contributed by atoms with E-state index in [9.17, 15) is 4.79 Å². The summed E-state index contributed by atoms with van der Waals surface area (Å²) in [5.74, 6) is 2.58. The van der Waals surface area contributed by atoms with Gasteiger partial charge in [0.1, 0.15) is 17.4 Å². The summed E-state index contributed by atoms with van der Waals surface area (Å²) in [5.41, 5.74) is 2.11. The predicted octanol–water partition coefficient (Wildman–Crippen LogP) is 3.46. The first-order chi connectivity index (χ1) is 16.1. The van der Waals surface area contributed by atoms with Gasteiger partial charge in [-0.1, -0.05) is 18.2 Å². The molecule has 1 aliphatic heterocycles. The lowest BCUT2D eigenvalue weighted by Crippen LogP contribution is -2.43. The Morgan fingerprint density at radius 1 is 1.21 bits per heavy atom. The minimum atomic E-state index is 0.152. The van der Waals surface area contributed by atoms with Crippen LogP contribution in [0, 0.1) is 0 Å². The quantitative estimate of drug-likeness (QED) is 0.567. The molecule has 33 heavy (non-hydrogen) atoms. The lowest BCUT2D eigenvalue weighted by atomic mass is 9.94. The fraction of sp³-hybridized carbons (Fsp3) is 0.360. The Bertz CT molecular complexity index is 1060. The number of aromatic nitrogens is 3. The second kappa shape index (κ2) is 10.9. The van der Waals surface area contributed by atoms with E-state index in [1.165, 1.54) is 0 Å². The third-order valence-corrected chi connectivity index (χ3v) is 5.77. The maximum Gasteiger partial charge on any atom is 0.236 e. The van der Waals surface area contributed by atoms with Crippen LogP contribution in [-0.4, -0.2) is 64.5 Å². The lowest BCUT2D eigenvalue weighted by Gasteiger charge is -2.33. The number of amides is 1.